The number of para-hydroxylation sites is 1. The lowest BCUT2D eigenvalue weighted by atomic mass is 10.1. The molecule has 1 saturated heterocycles. The van der Waals surface area contributed by atoms with E-state index in [1.807, 2.05) is 43.3 Å². The second-order valence-corrected chi connectivity index (χ2v) is 9.79. The summed E-state index contributed by atoms with van der Waals surface area (Å²) in [5.74, 6) is 2.06. The van der Waals surface area contributed by atoms with Gasteiger partial charge in [-0.15, -0.1) is 0 Å². The molecule has 3 N–H and O–H groups in total. The summed E-state index contributed by atoms with van der Waals surface area (Å²) < 4.78 is 11.1. The van der Waals surface area contributed by atoms with Gasteiger partial charge in [0, 0.05) is 43.9 Å². The molecule has 1 aliphatic heterocycles. The number of carbonyl (C=O) groups excluding carboxylic acids is 1. The van der Waals surface area contributed by atoms with Crippen LogP contribution < -0.4 is 20.1 Å². The number of fused-ring (bicyclic) bond motifs is 1. The van der Waals surface area contributed by atoms with Crippen LogP contribution in [0.15, 0.2) is 48.7 Å². The number of amides is 1. The molecule has 1 aliphatic rings. The van der Waals surface area contributed by atoms with Crippen LogP contribution in [0.5, 0.6) is 11.5 Å². The number of likely N-dealkylation sites (tertiary alicyclic amines) is 1. The Balaban J connectivity index is 1.32. The van der Waals surface area contributed by atoms with E-state index < -0.39 is 0 Å². The van der Waals surface area contributed by atoms with Gasteiger partial charge in [0.05, 0.1) is 24.0 Å². The SMILES string of the molecule is CNC(=O)COc1ccc(-c2nc3ncc(Cl)c(N[C@H]4CCN(Cc5ccccc5OC)C4)c3[nH]2)cc1C. The zero-order valence-electron chi connectivity index (χ0n) is 21.7. The van der Waals surface area contributed by atoms with Crippen molar-refractivity contribution in [2.24, 2.45) is 0 Å². The number of hydrogen-bond donors (Lipinski definition) is 3. The summed E-state index contributed by atoms with van der Waals surface area (Å²) >= 11 is 6.61. The molecule has 0 bridgehead atoms. The number of aromatic nitrogens is 3. The maximum absolute atomic E-state index is 11.5. The van der Waals surface area contributed by atoms with Crippen LogP contribution in [0.25, 0.3) is 22.6 Å². The van der Waals surface area contributed by atoms with Gasteiger partial charge in [0.2, 0.25) is 0 Å². The number of imidazole rings is 1. The quantitative estimate of drug-likeness (QED) is 0.292. The van der Waals surface area contributed by atoms with Crippen molar-refractivity contribution in [3.05, 3.63) is 64.8 Å². The third kappa shape index (κ3) is 5.54. The van der Waals surface area contributed by atoms with Gasteiger partial charge in [0.25, 0.3) is 5.91 Å². The third-order valence-electron chi connectivity index (χ3n) is 6.77. The number of pyridine rings is 1. The van der Waals surface area contributed by atoms with Gasteiger partial charge in [-0.25, -0.2) is 9.97 Å². The number of carbonyl (C=O) groups is 1. The molecule has 9 nitrogen and oxygen atoms in total. The van der Waals surface area contributed by atoms with Gasteiger partial charge >= 0.3 is 0 Å². The molecule has 0 spiro atoms. The maximum Gasteiger partial charge on any atom is 0.257 e. The molecule has 198 valence electrons. The number of methoxy groups -OCH3 is 1. The van der Waals surface area contributed by atoms with E-state index >= 15 is 0 Å². The lowest BCUT2D eigenvalue weighted by Gasteiger charge is -2.19. The highest BCUT2D eigenvalue weighted by atomic mass is 35.5. The van der Waals surface area contributed by atoms with Crippen molar-refractivity contribution in [3.8, 4) is 22.9 Å². The number of likely N-dealkylation sites (N-methyl/N-ethyl adjacent to an activating group) is 1. The second kappa shape index (κ2) is 11.3. The zero-order valence-corrected chi connectivity index (χ0v) is 22.4. The molecule has 0 aliphatic carbocycles. The molecule has 5 rings (SSSR count). The van der Waals surface area contributed by atoms with E-state index in [2.05, 4.69) is 31.6 Å². The molecular weight excluding hydrogens is 504 g/mol. The number of rotatable bonds is 9. The number of aromatic amines is 1. The summed E-state index contributed by atoms with van der Waals surface area (Å²) in [5, 5.41) is 6.74. The number of halogens is 1. The van der Waals surface area contributed by atoms with E-state index in [1.165, 1.54) is 5.56 Å². The summed E-state index contributed by atoms with van der Waals surface area (Å²) in [6.07, 6.45) is 2.63. The predicted molar refractivity (Wildman–Crippen MR) is 149 cm³/mol. The van der Waals surface area contributed by atoms with Crippen molar-refractivity contribution in [1.82, 2.24) is 25.2 Å². The normalized spacial score (nSPS) is 15.5. The van der Waals surface area contributed by atoms with E-state index in [4.69, 9.17) is 26.1 Å². The Morgan fingerprint density at radius 3 is 2.87 bits per heavy atom. The van der Waals surface area contributed by atoms with Crippen molar-refractivity contribution >= 4 is 34.4 Å². The Bertz CT molecular complexity index is 1460. The van der Waals surface area contributed by atoms with E-state index in [0.29, 0.717) is 22.2 Å². The van der Waals surface area contributed by atoms with E-state index in [-0.39, 0.29) is 18.6 Å². The first-order chi connectivity index (χ1) is 18.4. The number of benzene rings is 2. The van der Waals surface area contributed by atoms with Crippen LogP contribution in [0.4, 0.5) is 5.69 Å². The lowest BCUT2D eigenvalue weighted by Crippen LogP contribution is -2.26. The van der Waals surface area contributed by atoms with Crippen LogP contribution >= 0.6 is 11.6 Å². The number of H-pyrrole nitrogens is 1. The topological polar surface area (TPSA) is 104 Å². The number of ether oxygens (including phenoxy) is 2. The van der Waals surface area contributed by atoms with Gasteiger partial charge in [-0.05, 0) is 43.2 Å². The summed E-state index contributed by atoms with van der Waals surface area (Å²) in [6, 6.07) is 14.1. The molecule has 38 heavy (non-hydrogen) atoms. The van der Waals surface area contributed by atoms with Crippen LogP contribution in [0, 0.1) is 6.92 Å². The van der Waals surface area contributed by atoms with Gasteiger partial charge in [0.1, 0.15) is 22.8 Å². The van der Waals surface area contributed by atoms with Crippen LogP contribution in [0.2, 0.25) is 5.02 Å². The minimum absolute atomic E-state index is 0.0315. The molecule has 3 heterocycles. The molecule has 1 amide bonds. The van der Waals surface area contributed by atoms with Crippen molar-refractivity contribution in [2.45, 2.75) is 25.9 Å². The van der Waals surface area contributed by atoms with Crippen molar-refractivity contribution in [2.75, 3.05) is 39.2 Å². The average molecular weight is 535 g/mol. The molecule has 0 radical (unpaired) electrons. The summed E-state index contributed by atoms with van der Waals surface area (Å²) in [5.41, 5.74) is 5.14. The van der Waals surface area contributed by atoms with Gasteiger partial charge in [-0.2, -0.15) is 0 Å². The van der Waals surface area contributed by atoms with Crippen molar-refractivity contribution < 1.29 is 14.3 Å². The number of aryl methyl sites for hydroxylation is 1. The zero-order chi connectivity index (χ0) is 26.6. The molecule has 10 heteroatoms. The monoisotopic (exact) mass is 534 g/mol. The molecule has 0 unspecified atom stereocenters. The molecule has 1 atom stereocenters. The number of anilines is 1. The highest BCUT2D eigenvalue weighted by molar-refractivity contribution is 6.34. The Morgan fingerprint density at radius 2 is 2.08 bits per heavy atom. The number of hydrogen-bond acceptors (Lipinski definition) is 7. The first kappa shape index (κ1) is 25.8. The average Bonchev–Trinajstić information content (AvgIpc) is 3.56. The van der Waals surface area contributed by atoms with Crippen LogP contribution in [-0.2, 0) is 11.3 Å². The fourth-order valence-corrected chi connectivity index (χ4v) is 4.96. The minimum Gasteiger partial charge on any atom is -0.496 e. The Labute approximate surface area is 226 Å². The summed E-state index contributed by atoms with van der Waals surface area (Å²) in [7, 11) is 3.29. The first-order valence-electron chi connectivity index (χ1n) is 12.5. The molecular formula is C28H31ClN6O3. The summed E-state index contributed by atoms with van der Waals surface area (Å²) in [4.78, 5) is 26.5. The minimum atomic E-state index is -0.182. The van der Waals surface area contributed by atoms with E-state index in [9.17, 15) is 4.79 Å². The lowest BCUT2D eigenvalue weighted by molar-refractivity contribution is -0.122. The summed E-state index contributed by atoms with van der Waals surface area (Å²) in [6.45, 7) is 4.60. The molecule has 4 aromatic rings. The Morgan fingerprint density at radius 1 is 1.24 bits per heavy atom. The maximum atomic E-state index is 11.5. The highest BCUT2D eigenvalue weighted by Gasteiger charge is 2.25. The fourth-order valence-electron chi connectivity index (χ4n) is 4.76. The van der Waals surface area contributed by atoms with Gasteiger partial charge < -0.3 is 25.1 Å². The van der Waals surface area contributed by atoms with Gasteiger partial charge in [-0.1, -0.05) is 29.8 Å². The number of nitrogens with zero attached hydrogens (tertiary/aromatic N) is 3. The largest absolute Gasteiger partial charge is 0.496 e. The standard InChI is InChI=1S/C28H31ClN6O3/c1-17-12-18(8-9-22(17)38-16-24(36)30-2)27-33-26-25(21(29)13-31-28(26)34-27)32-20-10-11-35(15-20)14-19-6-4-5-7-23(19)37-3/h4-9,12-13,20H,10-11,14-16H2,1-3H3,(H,30,36)(H2,31,32,33,34)/t20-/m0/s1. The number of nitrogens with one attached hydrogen (secondary N) is 3. The second-order valence-electron chi connectivity index (χ2n) is 9.38. The molecule has 2 aromatic carbocycles. The van der Waals surface area contributed by atoms with E-state index in [1.54, 1.807) is 20.4 Å². The predicted octanol–water partition coefficient (Wildman–Crippen LogP) is 4.41. The smallest absolute Gasteiger partial charge is 0.257 e. The van der Waals surface area contributed by atoms with Crippen molar-refractivity contribution in [1.29, 1.82) is 0 Å². The first-order valence-corrected chi connectivity index (χ1v) is 12.9. The van der Waals surface area contributed by atoms with Crippen molar-refractivity contribution in [3.63, 3.8) is 0 Å². The highest BCUT2D eigenvalue weighted by Crippen LogP contribution is 2.33. The van der Waals surface area contributed by atoms with E-state index in [0.717, 1.165) is 54.1 Å². The van der Waals surface area contributed by atoms with Gasteiger partial charge in [-0.3, -0.25) is 9.69 Å². The Hall–Kier alpha value is -3.82. The van der Waals surface area contributed by atoms with Crippen LogP contribution in [0.3, 0.4) is 0 Å². The van der Waals surface area contributed by atoms with Gasteiger partial charge in [0.15, 0.2) is 12.3 Å². The molecule has 1 fully saturated rings. The Kier molecular flexibility index (Phi) is 7.67. The third-order valence-corrected chi connectivity index (χ3v) is 7.05. The fraction of sp³-hybridized carbons (Fsp3) is 0.321. The van der Waals surface area contributed by atoms with Crippen LogP contribution in [0.1, 0.15) is 17.5 Å². The molecule has 2 aromatic heterocycles. The molecule has 0 saturated carbocycles. The van der Waals surface area contributed by atoms with Crippen LogP contribution in [-0.4, -0.2) is 65.7 Å².